The smallest absolute Gasteiger partial charge is 0.303 e. The van der Waals surface area contributed by atoms with Gasteiger partial charge in [-0.15, -0.1) is 0 Å². The zero-order valence-electron chi connectivity index (χ0n) is 15.6. The van der Waals surface area contributed by atoms with E-state index in [-0.39, 0.29) is 11.9 Å². The molecule has 2 N–H and O–H groups in total. The molecule has 142 valence electrons. The Balaban J connectivity index is 1.75. The molecule has 2 aromatic rings. The van der Waals surface area contributed by atoms with Crippen molar-refractivity contribution in [2.75, 3.05) is 33.4 Å². The highest BCUT2D eigenvalue weighted by atomic mass is 16.5. The molecule has 0 spiro atoms. The Morgan fingerprint density at radius 3 is 2.48 bits per heavy atom. The molecule has 1 aromatic heterocycles. The zero-order chi connectivity index (χ0) is 19.1. The summed E-state index contributed by atoms with van der Waals surface area (Å²) in [7, 11) is 1.63. The summed E-state index contributed by atoms with van der Waals surface area (Å²) in [4.78, 5) is 18.2. The first kappa shape index (κ1) is 19.0. The number of nitrogens with zero attached hydrogens (tertiary/aromatic N) is 2. The lowest BCUT2D eigenvalue weighted by atomic mass is 10.1. The molecule has 7 nitrogen and oxygen atoms in total. The SMILES string of the molecule is COc1ccc(/C(C)=N/NC(=O)[C@@H](c2ccncc2)[NH+]2CCOCC2)cc1. The van der Waals surface area contributed by atoms with Crippen molar-refractivity contribution in [3.63, 3.8) is 0 Å². The fourth-order valence-corrected chi connectivity index (χ4v) is 3.15. The van der Waals surface area contributed by atoms with E-state index in [0.29, 0.717) is 13.2 Å². The number of quaternary nitrogens is 1. The third kappa shape index (κ3) is 4.90. The summed E-state index contributed by atoms with van der Waals surface area (Å²) in [6.45, 7) is 4.73. The third-order valence-electron chi connectivity index (χ3n) is 4.69. The van der Waals surface area contributed by atoms with Crippen LogP contribution in [-0.4, -0.2) is 50.0 Å². The molecule has 1 aromatic carbocycles. The fourth-order valence-electron chi connectivity index (χ4n) is 3.15. The van der Waals surface area contributed by atoms with E-state index in [1.807, 2.05) is 43.3 Å². The maximum atomic E-state index is 13.0. The van der Waals surface area contributed by atoms with Crippen molar-refractivity contribution < 1.29 is 19.2 Å². The summed E-state index contributed by atoms with van der Waals surface area (Å²) >= 11 is 0. The minimum Gasteiger partial charge on any atom is -0.497 e. The van der Waals surface area contributed by atoms with Crippen molar-refractivity contribution in [3.05, 3.63) is 59.9 Å². The predicted molar refractivity (Wildman–Crippen MR) is 102 cm³/mol. The van der Waals surface area contributed by atoms with Crippen LogP contribution in [0.4, 0.5) is 0 Å². The summed E-state index contributed by atoms with van der Waals surface area (Å²) in [5, 5.41) is 4.31. The molecule has 27 heavy (non-hydrogen) atoms. The van der Waals surface area contributed by atoms with E-state index < -0.39 is 0 Å². The van der Waals surface area contributed by atoms with Crippen molar-refractivity contribution in [2.45, 2.75) is 13.0 Å². The lowest BCUT2D eigenvalue weighted by molar-refractivity contribution is -0.929. The molecule has 7 heteroatoms. The highest BCUT2D eigenvalue weighted by molar-refractivity contribution is 5.99. The van der Waals surface area contributed by atoms with Gasteiger partial charge >= 0.3 is 5.91 Å². The maximum Gasteiger partial charge on any atom is 0.303 e. The molecule has 1 fully saturated rings. The predicted octanol–water partition coefficient (Wildman–Crippen LogP) is 0.587. The molecule has 2 heterocycles. The summed E-state index contributed by atoms with van der Waals surface area (Å²) in [5.74, 6) is 0.648. The molecule has 0 radical (unpaired) electrons. The average molecular weight is 369 g/mol. The van der Waals surface area contributed by atoms with Gasteiger partial charge in [0.05, 0.1) is 26.0 Å². The Bertz CT molecular complexity index is 772. The van der Waals surface area contributed by atoms with Crippen LogP contribution in [-0.2, 0) is 9.53 Å². The number of hydrazone groups is 1. The molecule has 1 saturated heterocycles. The van der Waals surface area contributed by atoms with Crippen molar-refractivity contribution >= 4 is 11.6 Å². The minimum absolute atomic E-state index is 0.133. The van der Waals surface area contributed by atoms with Gasteiger partial charge in [0, 0.05) is 18.0 Å². The Labute approximate surface area is 159 Å². The van der Waals surface area contributed by atoms with E-state index in [1.54, 1.807) is 19.5 Å². The van der Waals surface area contributed by atoms with Gasteiger partial charge in [-0.05, 0) is 48.9 Å². The van der Waals surface area contributed by atoms with Gasteiger partial charge in [-0.1, -0.05) is 0 Å². The van der Waals surface area contributed by atoms with E-state index in [4.69, 9.17) is 9.47 Å². The lowest BCUT2D eigenvalue weighted by Gasteiger charge is -2.30. The van der Waals surface area contributed by atoms with Crippen LogP contribution in [0, 0.1) is 0 Å². The Morgan fingerprint density at radius 2 is 1.85 bits per heavy atom. The summed E-state index contributed by atoms with van der Waals surface area (Å²) < 4.78 is 10.6. The number of methoxy groups -OCH3 is 1. The first-order valence-electron chi connectivity index (χ1n) is 9.00. The van der Waals surface area contributed by atoms with Crippen molar-refractivity contribution in [1.82, 2.24) is 10.4 Å². The second kappa shape index (κ2) is 9.25. The van der Waals surface area contributed by atoms with Crippen molar-refractivity contribution in [3.8, 4) is 5.75 Å². The van der Waals surface area contributed by atoms with Crippen LogP contribution in [0.1, 0.15) is 24.1 Å². The first-order chi connectivity index (χ1) is 13.2. The van der Waals surface area contributed by atoms with Gasteiger partial charge in [0.2, 0.25) is 0 Å². The van der Waals surface area contributed by atoms with Gasteiger partial charge in [0.1, 0.15) is 18.8 Å². The number of ether oxygens (including phenoxy) is 2. The lowest BCUT2D eigenvalue weighted by Crippen LogP contribution is -3.15. The van der Waals surface area contributed by atoms with Gasteiger partial charge < -0.3 is 14.4 Å². The maximum absolute atomic E-state index is 13.0. The standard InChI is InChI=1S/C20H24N4O3/c1-15(16-3-5-18(26-2)6-4-16)22-23-20(25)19(17-7-9-21-10-8-17)24-11-13-27-14-12-24/h3-10,19H,11-14H2,1-2H3,(H,23,25)/p+1/b22-15+/t19-/m1/s1. The molecule has 3 rings (SSSR count). The fraction of sp³-hybridized carbons (Fsp3) is 0.350. The highest BCUT2D eigenvalue weighted by Gasteiger charge is 2.32. The molecule has 1 amide bonds. The summed E-state index contributed by atoms with van der Waals surface area (Å²) in [6, 6.07) is 11.0. The molecule has 1 atom stereocenters. The number of benzene rings is 1. The van der Waals surface area contributed by atoms with Crippen LogP contribution in [0.5, 0.6) is 5.75 Å². The number of rotatable bonds is 6. The molecule has 0 saturated carbocycles. The number of carbonyl (C=O) groups excluding carboxylic acids is 1. The number of morpholine rings is 1. The number of hydrogen-bond donors (Lipinski definition) is 2. The van der Waals surface area contributed by atoms with Crippen LogP contribution in [0.3, 0.4) is 0 Å². The van der Waals surface area contributed by atoms with Crippen molar-refractivity contribution in [2.24, 2.45) is 5.10 Å². The monoisotopic (exact) mass is 369 g/mol. The van der Waals surface area contributed by atoms with Crippen LogP contribution in [0.2, 0.25) is 0 Å². The van der Waals surface area contributed by atoms with Crippen LogP contribution in [0.15, 0.2) is 53.9 Å². The molecule has 0 unspecified atom stereocenters. The number of pyridine rings is 1. The molecular formula is C20H25N4O3+. The Kier molecular flexibility index (Phi) is 6.51. The number of carbonyl (C=O) groups is 1. The van der Waals surface area contributed by atoms with Crippen LogP contribution >= 0.6 is 0 Å². The molecular weight excluding hydrogens is 344 g/mol. The first-order valence-corrected chi connectivity index (χ1v) is 9.00. The van der Waals surface area contributed by atoms with Gasteiger partial charge in [0.15, 0.2) is 6.04 Å². The molecule has 0 bridgehead atoms. The topological polar surface area (TPSA) is 77.2 Å². The normalized spacial score (nSPS) is 16.6. The van der Waals surface area contributed by atoms with E-state index in [2.05, 4.69) is 15.5 Å². The molecule has 0 aliphatic carbocycles. The second-order valence-electron chi connectivity index (χ2n) is 6.39. The highest BCUT2D eigenvalue weighted by Crippen LogP contribution is 2.12. The van der Waals surface area contributed by atoms with Crippen LogP contribution < -0.4 is 15.1 Å². The van der Waals surface area contributed by atoms with Gasteiger partial charge in [-0.25, -0.2) is 5.43 Å². The van der Waals surface area contributed by atoms with E-state index in [0.717, 1.165) is 35.7 Å². The minimum atomic E-state index is -0.343. The summed E-state index contributed by atoms with van der Waals surface area (Å²) in [6.07, 6.45) is 3.42. The van der Waals surface area contributed by atoms with E-state index in [9.17, 15) is 4.79 Å². The zero-order valence-corrected chi connectivity index (χ0v) is 15.6. The van der Waals surface area contributed by atoms with Gasteiger partial charge in [-0.3, -0.25) is 9.78 Å². The van der Waals surface area contributed by atoms with Gasteiger partial charge in [-0.2, -0.15) is 5.10 Å². The number of aromatic nitrogens is 1. The largest absolute Gasteiger partial charge is 0.497 e. The van der Waals surface area contributed by atoms with E-state index in [1.165, 1.54) is 4.90 Å². The quantitative estimate of drug-likeness (QED) is 0.577. The Hall–Kier alpha value is -2.77. The van der Waals surface area contributed by atoms with E-state index >= 15 is 0 Å². The second-order valence-corrected chi connectivity index (χ2v) is 6.39. The molecule has 1 aliphatic heterocycles. The summed E-state index contributed by atoms with van der Waals surface area (Å²) in [5.41, 5.74) is 5.33. The van der Waals surface area contributed by atoms with Crippen LogP contribution in [0.25, 0.3) is 0 Å². The average Bonchev–Trinajstić information content (AvgIpc) is 2.74. The van der Waals surface area contributed by atoms with Crippen molar-refractivity contribution in [1.29, 1.82) is 0 Å². The number of amides is 1. The Morgan fingerprint density at radius 1 is 1.19 bits per heavy atom. The number of nitrogens with one attached hydrogen (secondary N) is 2. The number of hydrogen-bond acceptors (Lipinski definition) is 5. The third-order valence-corrected chi connectivity index (χ3v) is 4.69. The molecule has 1 aliphatic rings. The van der Waals surface area contributed by atoms with Gasteiger partial charge in [0.25, 0.3) is 0 Å².